The van der Waals surface area contributed by atoms with Crippen molar-refractivity contribution in [3.63, 3.8) is 0 Å². The van der Waals surface area contributed by atoms with Crippen molar-refractivity contribution >= 4 is 0 Å². The lowest BCUT2D eigenvalue weighted by Crippen LogP contribution is -2.55. The molecule has 0 radical (unpaired) electrons. The normalized spacial score (nSPS) is 46.5. The zero-order chi connectivity index (χ0) is 20.2. The summed E-state index contributed by atoms with van der Waals surface area (Å²) in [6.45, 7) is 15.5. The van der Waals surface area contributed by atoms with Crippen LogP contribution < -0.4 is 0 Å². The molecule has 0 aliphatic heterocycles. The molecule has 3 fully saturated rings. The molecule has 28 heavy (non-hydrogen) atoms. The topological polar surface area (TPSA) is 0 Å². The van der Waals surface area contributed by atoms with Gasteiger partial charge in [-0.15, -0.1) is 0 Å². The quantitative estimate of drug-likeness (QED) is 0.415. The van der Waals surface area contributed by atoms with Gasteiger partial charge in [-0.25, -0.2) is 0 Å². The molecular formula is C28H48. The third-order valence-electron chi connectivity index (χ3n) is 11.1. The van der Waals surface area contributed by atoms with Crippen LogP contribution in [0.15, 0.2) is 11.6 Å². The van der Waals surface area contributed by atoms with Crippen LogP contribution in [0.5, 0.6) is 0 Å². The first-order chi connectivity index (χ1) is 13.2. The molecule has 0 heterocycles. The van der Waals surface area contributed by atoms with Crippen molar-refractivity contribution in [2.45, 2.75) is 119 Å². The highest BCUT2D eigenvalue weighted by Crippen LogP contribution is 2.72. The molecule has 160 valence electrons. The summed E-state index contributed by atoms with van der Waals surface area (Å²) in [7, 11) is 0. The van der Waals surface area contributed by atoms with E-state index in [1.165, 1.54) is 77.0 Å². The molecule has 0 aromatic heterocycles. The van der Waals surface area contributed by atoms with Gasteiger partial charge in [0.05, 0.1) is 0 Å². The molecule has 0 N–H and O–H groups in total. The number of rotatable bonds is 5. The number of hydrogen-bond donors (Lipinski definition) is 0. The maximum atomic E-state index is 2.75. The molecule has 0 aromatic carbocycles. The van der Waals surface area contributed by atoms with Crippen LogP contribution in [0.4, 0.5) is 0 Å². The van der Waals surface area contributed by atoms with E-state index in [-0.39, 0.29) is 0 Å². The van der Waals surface area contributed by atoms with Crippen LogP contribution in [0.25, 0.3) is 0 Å². The maximum absolute atomic E-state index is 2.75. The van der Waals surface area contributed by atoms with Gasteiger partial charge in [-0.2, -0.15) is 0 Å². The molecule has 4 rings (SSSR count). The zero-order valence-electron chi connectivity index (χ0n) is 19.9. The molecule has 0 unspecified atom stereocenters. The van der Waals surface area contributed by atoms with Crippen LogP contribution in [0.3, 0.4) is 0 Å². The molecule has 3 saturated carbocycles. The second-order valence-electron chi connectivity index (χ2n) is 12.6. The standard InChI is InChI=1S/C28H48/c1-20(2)10-9-11-21(3)23-15-18-28(6)25-14-13-22-12-7-8-17-26(22,4)24(25)16-19-27(23,28)5/h13,20-21,23-25H,7-12,14-19H2,1-6H3/t21-,23-,24+,25-,26+,27-,28+/m1/s1. The molecule has 0 aromatic rings. The number of hydrogen-bond acceptors (Lipinski definition) is 0. The Labute approximate surface area is 176 Å². The maximum Gasteiger partial charge on any atom is -0.00852 e. The second kappa shape index (κ2) is 7.46. The van der Waals surface area contributed by atoms with Gasteiger partial charge in [0.1, 0.15) is 0 Å². The van der Waals surface area contributed by atoms with E-state index in [2.05, 4.69) is 47.6 Å². The predicted octanol–water partition coefficient (Wildman–Crippen LogP) is 8.81. The van der Waals surface area contributed by atoms with E-state index in [1.807, 2.05) is 5.57 Å². The average molecular weight is 385 g/mol. The van der Waals surface area contributed by atoms with Crippen molar-refractivity contribution in [3.05, 3.63) is 11.6 Å². The van der Waals surface area contributed by atoms with Gasteiger partial charge in [-0.3, -0.25) is 0 Å². The first-order valence-corrected chi connectivity index (χ1v) is 12.9. The van der Waals surface area contributed by atoms with Crippen LogP contribution in [0.2, 0.25) is 0 Å². The average Bonchev–Trinajstić information content (AvgIpc) is 2.92. The minimum absolute atomic E-state index is 0.548. The van der Waals surface area contributed by atoms with Crippen LogP contribution in [-0.2, 0) is 0 Å². The second-order valence-corrected chi connectivity index (χ2v) is 12.6. The smallest absolute Gasteiger partial charge is 0.00852 e. The molecule has 0 saturated heterocycles. The first kappa shape index (κ1) is 21.0. The summed E-state index contributed by atoms with van der Waals surface area (Å²) in [6.07, 6.45) is 20.3. The molecular weight excluding hydrogens is 336 g/mol. The first-order valence-electron chi connectivity index (χ1n) is 12.9. The van der Waals surface area contributed by atoms with E-state index >= 15 is 0 Å². The lowest BCUT2D eigenvalue weighted by molar-refractivity contribution is -0.110. The SMILES string of the molecule is CC(C)CCC[C@@H](C)[C@H]1CC[C@@]2(C)[C@@H]3CC=C4CCCC[C@]4(C)[C@H]3CC[C@]12C. The Bertz CT molecular complexity index is 599. The van der Waals surface area contributed by atoms with E-state index in [9.17, 15) is 0 Å². The minimum atomic E-state index is 0.548. The summed E-state index contributed by atoms with van der Waals surface area (Å²) in [5, 5.41) is 0. The highest BCUT2D eigenvalue weighted by molar-refractivity contribution is 5.26. The van der Waals surface area contributed by atoms with E-state index < -0.39 is 0 Å². The van der Waals surface area contributed by atoms with E-state index in [0.29, 0.717) is 16.2 Å². The summed E-state index contributed by atoms with van der Waals surface area (Å²) in [6, 6.07) is 0. The Balaban J connectivity index is 1.55. The van der Waals surface area contributed by atoms with E-state index in [4.69, 9.17) is 0 Å². The molecule has 4 aliphatic carbocycles. The van der Waals surface area contributed by atoms with Gasteiger partial charge in [-0.05, 0) is 97.2 Å². The molecule has 0 bridgehead atoms. The largest absolute Gasteiger partial charge is 0.0845 e. The molecule has 4 aliphatic rings. The summed E-state index contributed by atoms with van der Waals surface area (Å²) >= 11 is 0. The van der Waals surface area contributed by atoms with Crippen LogP contribution in [-0.4, -0.2) is 0 Å². The van der Waals surface area contributed by atoms with Gasteiger partial charge in [0.15, 0.2) is 0 Å². The fourth-order valence-electron chi connectivity index (χ4n) is 9.09. The van der Waals surface area contributed by atoms with Gasteiger partial charge in [0.2, 0.25) is 0 Å². The van der Waals surface area contributed by atoms with Gasteiger partial charge in [-0.1, -0.05) is 78.9 Å². The van der Waals surface area contributed by atoms with E-state index in [0.717, 1.165) is 29.6 Å². The highest BCUT2D eigenvalue weighted by atomic mass is 14.7. The predicted molar refractivity (Wildman–Crippen MR) is 122 cm³/mol. The molecule has 0 nitrogen and oxygen atoms in total. The highest BCUT2D eigenvalue weighted by Gasteiger charge is 2.64. The van der Waals surface area contributed by atoms with Gasteiger partial charge >= 0.3 is 0 Å². The molecule has 0 spiro atoms. The van der Waals surface area contributed by atoms with Crippen molar-refractivity contribution in [3.8, 4) is 0 Å². The van der Waals surface area contributed by atoms with Crippen LogP contribution >= 0.6 is 0 Å². The Kier molecular flexibility index (Phi) is 5.59. The Hall–Kier alpha value is -0.260. The summed E-state index contributed by atoms with van der Waals surface area (Å²) in [5.41, 5.74) is 3.58. The molecule has 0 amide bonds. The summed E-state index contributed by atoms with van der Waals surface area (Å²) in [5.74, 6) is 4.68. The lowest BCUT2D eigenvalue weighted by atomic mass is 9.42. The van der Waals surface area contributed by atoms with Crippen LogP contribution in [0, 0.1) is 45.8 Å². The van der Waals surface area contributed by atoms with Crippen molar-refractivity contribution in [2.75, 3.05) is 0 Å². The fourth-order valence-corrected chi connectivity index (χ4v) is 9.09. The third kappa shape index (κ3) is 3.06. The van der Waals surface area contributed by atoms with Crippen molar-refractivity contribution < 1.29 is 0 Å². The van der Waals surface area contributed by atoms with Crippen molar-refractivity contribution in [2.24, 2.45) is 45.8 Å². The number of allylic oxidation sites excluding steroid dienone is 2. The zero-order valence-corrected chi connectivity index (χ0v) is 19.9. The summed E-state index contributed by atoms with van der Waals surface area (Å²) < 4.78 is 0. The molecule has 0 heteroatoms. The molecule has 7 atom stereocenters. The number of fused-ring (bicyclic) bond motifs is 5. The van der Waals surface area contributed by atoms with E-state index in [1.54, 1.807) is 0 Å². The Morgan fingerprint density at radius 3 is 2.39 bits per heavy atom. The lowest BCUT2D eigenvalue weighted by Gasteiger charge is -2.62. The van der Waals surface area contributed by atoms with Crippen molar-refractivity contribution in [1.29, 1.82) is 0 Å². The van der Waals surface area contributed by atoms with Crippen LogP contribution in [0.1, 0.15) is 119 Å². The monoisotopic (exact) mass is 384 g/mol. The fraction of sp³-hybridized carbons (Fsp3) is 0.929. The van der Waals surface area contributed by atoms with Gasteiger partial charge < -0.3 is 0 Å². The third-order valence-corrected chi connectivity index (χ3v) is 11.1. The Morgan fingerprint density at radius 2 is 1.64 bits per heavy atom. The van der Waals surface area contributed by atoms with Gasteiger partial charge in [0.25, 0.3) is 0 Å². The van der Waals surface area contributed by atoms with Gasteiger partial charge in [0, 0.05) is 0 Å². The Morgan fingerprint density at radius 1 is 0.893 bits per heavy atom. The minimum Gasteiger partial charge on any atom is -0.0845 e. The summed E-state index contributed by atoms with van der Waals surface area (Å²) in [4.78, 5) is 0. The van der Waals surface area contributed by atoms with Crippen molar-refractivity contribution in [1.82, 2.24) is 0 Å².